The molecule has 1 aliphatic rings. The number of esters is 1. The molecule has 9 nitrogen and oxygen atoms in total. The highest BCUT2D eigenvalue weighted by Crippen LogP contribution is 2.44. The summed E-state index contributed by atoms with van der Waals surface area (Å²) < 4.78 is 27.9. The van der Waals surface area contributed by atoms with Gasteiger partial charge in [0.25, 0.3) is 0 Å². The quantitative estimate of drug-likeness (QED) is 0.0266. The van der Waals surface area contributed by atoms with E-state index in [9.17, 15) is 9.59 Å². The lowest BCUT2D eigenvalue weighted by Crippen LogP contribution is -2.53. The van der Waals surface area contributed by atoms with E-state index in [0.29, 0.717) is 29.5 Å². The maximum atomic E-state index is 13.2. The summed E-state index contributed by atoms with van der Waals surface area (Å²) in [6.45, 7) is 38.2. The molecular weight excluding hydrogens is 775 g/mol. The van der Waals surface area contributed by atoms with Crippen molar-refractivity contribution in [3.63, 3.8) is 0 Å². The highest BCUT2D eigenvalue weighted by Gasteiger charge is 2.48. The molecule has 0 unspecified atom stereocenters. The van der Waals surface area contributed by atoms with Crippen LogP contribution in [0.2, 0.25) is 54.4 Å². The Morgan fingerprint density at radius 3 is 2.09 bits per heavy atom. The molecule has 12 heteroatoms. The first kappa shape index (κ1) is 53.4. The molecule has 0 bridgehead atoms. The Bertz CT molecular complexity index is 1520. The van der Waals surface area contributed by atoms with Crippen LogP contribution in [0.1, 0.15) is 122 Å². The third-order valence-corrected chi connectivity index (χ3v) is 23.1. The first-order valence-corrected chi connectivity index (χ1v) is 30.1. The average molecular weight is 856 g/mol. The zero-order valence-corrected chi connectivity index (χ0v) is 42.4. The number of carbonyl (C=O) groups is 2. The fourth-order valence-corrected chi connectivity index (χ4v) is 15.6. The van der Waals surface area contributed by atoms with Gasteiger partial charge in [-0.05, 0) is 117 Å². The summed E-state index contributed by atoms with van der Waals surface area (Å²) in [4.78, 5) is 27.5. The maximum absolute atomic E-state index is 13.2. The second-order valence-electron chi connectivity index (χ2n) is 19.6. The first-order chi connectivity index (χ1) is 26.7. The molecule has 0 fully saturated rings. The fourth-order valence-electron chi connectivity index (χ4n) is 7.58. The largest absolute Gasteiger partial charge is 0.458 e. The van der Waals surface area contributed by atoms with Crippen molar-refractivity contribution >= 4 is 36.8 Å². The van der Waals surface area contributed by atoms with Gasteiger partial charge in [0.15, 0.2) is 16.6 Å². The zero-order chi connectivity index (χ0) is 44.5. The monoisotopic (exact) mass is 856 g/mol. The average Bonchev–Trinajstić information content (AvgIpc) is 3.07. The molecule has 5 atom stereocenters. The maximum Gasteiger partial charge on any atom is 0.330 e. The smallest absolute Gasteiger partial charge is 0.330 e. The van der Waals surface area contributed by atoms with Gasteiger partial charge in [-0.1, -0.05) is 129 Å². The van der Waals surface area contributed by atoms with E-state index in [-0.39, 0.29) is 35.2 Å². The lowest BCUT2D eigenvalue weighted by molar-refractivity contribution is -0.144. The normalized spacial score (nSPS) is 22.6. The van der Waals surface area contributed by atoms with Crippen LogP contribution >= 0.6 is 0 Å². The molecule has 0 spiro atoms. The van der Waals surface area contributed by atoms with Gasteiger partial charge in [-0.2, -0.15) is 0 Å². The summed E-state index contributed by atoms with van der Waals surface area (Å²) in [6.07, 6.45) is 22.9. The molecule has 0 aromatic rings. The number of nitrogens with zero attached hydrogens (tertiary/aromatic N) is 3. The highest BCUT2D eigenvalue weighted by atomic mass is 28.4. The molecule has 328 valence electrons. The predicted molar refractivity (Wildman–Crippen MR) is 251 cm³/mol. The van der Waals surface area contributed by atoms with Gasteiger partial charge in [-0.15, -0.1) is 0 Å². The van der Waals surface area contributed by atoms with E-state index in [0.717, 1.165) is 36.8 Å². The van der Waals surface area contributed by atoms with Crippen LogP contribution in [0, 0.1) is 5.92 Å². The number of allylic oxidation sites excluding steroid dienone is 6. The predicted octanol–water partition coefficient (Wildman–Crippen LogP) is 14.0. The summed E-state index contributed by atoms with van der Waals surface area (Å²) in [5.74, 6) is -1.21. The van der Waals surface area contributed by atoms with Crippen molar-refractivity contribution in [2.75, 3.05) is 0 Å². The van der Waals surface area contributed by atoms with Crippen LogP contribution in [-0.2, 0) is 27.6 Å². The fraction of sp³-hybridized carbons (Fsp3) is 0.696. The number of carbonyl (C=O) groups excluding carboxylic acids is 2. The van der Waals surface area contributed by atoms with Crippen LogP contribution < -0.4 is 0 Å². The van der Waals surface area contributed by atoms with E-state index < -0.39 is 37.0 Å². The van der Waals surface area contributed by atoms with Crippen molar-refractivity contribution in [3.8, 4) is 0 Å². The van der Waals surface area contributed by atoms with Crippen LogP contribution in [-0.4, -0.2) is 61.2 Å². The van der Waals surface area contributed by atoms with Gasteiger partial charge in [0.1, 0.15) is 6.10 Å². The van der Waals surface area contributed by atoms with Crippen LogP contribution in [0.4, 0.5) is 0 Å². The number of cyclic esters (lactones) is 1. The third kappa shape index (κ3) is 18.8. The first-order valence-electron chi connectivity index (χ1n) is 21.6. The Morgan fingerprint density at radius 1 is 0.914 bits per heavy atom. The second-order valence-corrected chi connectivity index (χ2v) is 34.3. The Labute approximate surface area is 356 Å². The SMILES string of the molecule is CC(C=CC(=O)N=[N+]=[N-])=C[C@H](C)[C@@H]1CC(C)=CC=CCC[C@@H](O[Si](C)(C)C)[C@H](O[Si](C(C)C)(C(C)C)C(C)C)C=C[C@H](O[Si](C)(C)C(C)(C)C)CCCC=CC(=O)O1. The lowest BCUT2D eigenvalue weighted by atomic mass is 9.95. The van der Waals surface area contributed by atoms with E-state index in [1.54, 1.807) is 12.2 Å². The molecule has 0 N–H and O–H groups in total. The van der Waals surface area contributed by atoms with Crippen LogP contribution in [0.15, 0.2) is 77.0 Å². The van der Waals surface area contributed by atoms with Crippen LogP contribution in [0.5, 0.6) is 0 Å². The van der Waals surface area contributed by atoms with Gasteiger partial charge < -0.3 is 18.0 Å². The Balaban J connectivity index is 3.82. The second kappa shape index (κ2) is 24.6. The summed E-state index contributed by atoms with van der Waals surface area (Å²) in [5, 5.41) is 3.14. The van der Waals surface area contributed by atoms with Crippen LogP contribution in [0.25, 0.3) is 10.4 Å². The third-order valence-electron chi connectivity index (χ3n) is 11.5. The summed E-state index contributed by atoms with van der Waals surface area (Å²) in [5.41, 5.74) is 11.7. The minimum Gasteiger partial charge on any atom is -0.458 e. The number of amides is 1. The van der Waals surface area contributed by atoms with E-state index in [1.807, 2.05) is 26.0 Å². The molecular formula is C46H81N3O6Si3. The Kier molecular flexibility index (Phi) is 22.7. The van der Waals surface area contributed by atoms with Gasteiger partial charge in [0.2, 0.25) is 14.2 Å². The van der Waals surface area contributed by atoms with Crippen molar-refractivity contribution in [2.45, 2.75) is 200 Å². The van der Waals surface area contributed by atoms with E-state index in [1.165, 1.54) is 6.08 Å². The van der Waals surface area contributed by atoms with E-state index in [4.69, 9.17) is 23.5 Å². The number of hydrogen-bond acceptors (Lipinski definition) is 6. The van der Waals surface area contributed by atoms with Gasteiger partial charge in [0.05, 0.1) is 18.3 Å². The number of ether oxygens (including phenoxy) is 1. The van der Waals surface area contributed by atoms with E-state index in [2.05, 4.69) is 142 Å². The topological polar surface area (TPSA) is 120 Å². The van der Waals surface area contributed by atoms with E-state index >= 15 is 0 Å². The van der Waals surface area contributed by atoms with Gasteiger partial charge in [-0.25, -0.2) is 4.79 Å². The van der Waals surface area contributed by atoms with Crippen molar-refractivity contribution in [3.05, 3.63) is 82.3 Å². The standard InChI is InChI=1S/C46H81N3O6Si3/c1-34(2)58(35(3)4,36(5)6)55-42-30-29-40(53-57(16,17)46(10,11)12)25-21-19-23-27-45(51)52-43(39(9)32-38(8)28-31-44(50)48-49-47)33-37(7)24-20-18-22-26-41(42)54-56(13,14)15/h18,20,23-24,27-32,34-36,39-43H,19,21-22,25-26,33H2,1-17H3/t39-,40+,41+,42+,43-/m0/s1. The molecule has 0 saturated heterocycles. The summed E-state index contributed by atoms with van der Waals surface area (Å²) in [7, 11) is -6.42. The molecule has 1 amide bonds. The molecule has 1 rings (SSSR count). The van der Waals surface area contributed by atoms with Crippen molar-refractivity contribution in [1.82, 2.24) is 0 Å². The van der Waals surface area contributed by atoms with Gasteiger partial charge >= 0.3 is 5.97 Å². The molecule has 0 aromatic heterocycles. The number of azide groups is 1. The molecule has 0 radical (unpaired) electrons. The zero-order valence-electron chi connectivity index (χ0n) is 39.4. The lowest BCUT2D eigenvalue weighted by Gasteiger charge is -2.46. The number of hydrogen-bond donors (Lipinski definition) is 0. The molecule has 1 aliphatic heterocycles. The molecule has 58 heavy (non-hydrogen) atoms. The Hall–Kier alpha value is -2.58. The van der Waals surface area contributed by atoms with Crippen molar-refractivity contribution < 1.29 is 27.6 Å². The molecule has 0 aromatic carbocycles. The van der Waals surface area contributed by atoms with Gasteiger partial charge in [-0.3, -0.25) is 4.79 Å². The van der Waals surface area contributed by atoms with Crippen molar-refractivity contribution in [2.24, 2.45) is 11.0 Å². The van der Waals surface area contributed by atoms with Crippen LogP contribution in [0.3, 0.4) is 0 Å². The van der Waals surface area contributed by atoms with Crippen molar-refractivity contribution in [1.29, 1.82) is 0 Å². The molecule has 0 saturated carbocycles. The molecule has 0 aliphatic carbocycles. The minimum atomic E-state index is -2.30. The number of rotatable bonds is 13. The Morgan fingerprint density at radius 2 is 1.53 bits per heavy atom. The van der Waals surface area contributed by atoms with Gasteiger partial charge in [0, 0.05) is 23.3 Å². The summed E-state index contributed by atoms with van der Waals surface area (Å²) >= 11 is 0. The summed E-state index contributed by atoms with van der Waals surface area (Å²) in [6, 6.07) is 0. The molecule has 1 heterocycles. The highest BCUT2D eigenvalue weighted by molar-refractivity contribution is 6.77. The minimum absolute atomic E-state index is 0.0440.